The summed E-state index contributed by atoms with van der Waals surface area (Å²) in [5.41, 5.74) is 3.08. The zero-order valence-corrected chi connectivity index (χ0v) is 15.3. The molecule has 3 rings (SSSR count). The monoisotopic (exact) mass is 343 g/mol. The van der Waals surface area contributed by atoms with E-state index in [1.807, 2.05) is 19.9 Å². The summed E-state index contributed by atoms with van der Waals surface area (Å²) in [6.45, 7) is 10.2. The lowest BCUT2D eigenvalue weighted by atomic mass is 9.93. The first-order chi connectivity index (χ1) is 11.3. The Morgan fingerprint density at radius 2 is 2.12 bits per heavy atom. The molecule has 1 atom stereocenters. The van der Waals surface area contributed by atoms with Gasteiger partial charge in [0.25, 0.3) is 5.91 Å². The van der Waals surface area contributed by atoms with Gasteiger partial charge in [0.1, 0.15) is 5.01 Å². The van der Waals surface area contributed by atoms with Gasteiger partial charge in [0, 0.05) is 28.1 Å². The van der Waals surface area contributed by atoms with E-state index >= 15 is 0 Å². The standard InChI is InChI=1S/C17H21N5OS/c1-9-12-6-11(7-18-14(12)22-21-9)15(23)19-10(2)16-20-13(8-24-16)17(3,4)5/h6-8,10H,1-5H3,(H,19,23)(H,18,21,22). The van der Waals surface area contributed by atoms with Crippen LogP contribution in [0.1, 0.15) is 60.5 Å². The number of nitrogens with zero attached hydrogens (tertiary/aromatic N) is 3. The van der Waals surface area contributed by atoms with E-state index in [0.717, 1.165) is 21.8 Å². The van der Waals surface area contributed by atoms with Crippen LogP contribution in [0, 0.1) is 6.92 Å². The summed E-state index contributed by atoms with van der Waals surface area (Å²) < 4.78 is 0. The third-order valence-corrected chi connectivity index (χ3v) is 4.90. The van der Waals surface area contributed by atoms with Crippen LogP contribution in [0.25, 0.3) is 11.0 Å². The second-order valence-corrected chi connectivity index (χ2v) is 7.85. The molecule has 0 aliphatic rings. The Kier molecular flexibility index (Phi) is 4.13. The molecule has 0 saturated heterocycles. The van der Waals surface area contributed by atoms with Crippen LogP contribution in [-0.2, 0) is 5.41 Å². The second kappa shape index (κ2) is 5.98. The Hall–Kier alpha value is -2.28. The minimum absolute atomic E-state index is 0.00620. The van der Waals surface area contributed by atoms with Gasteiger partial charge in [-0.05, 0) is 19.9 Å². The van der Waals surface area contributed by atoms with Crippen LogP contribution in [0.15, 0.2) is 17.6 Å². The largest absolute Gasteiger partial charge is 0.343 e. The van der Waals surface area contributed by atoms with E-state index in [-0.39, 0.29) is 17.4 Å². The zero-order chi connectivity index (χ0) is 17.5. The van der Waals surface area contributed by atoms with Crippen molar-refractivity contribution in [3.8, 4) is 0 Å². The van der Waals surface area contributed by atoms with E-state index in [2.05, 4.69) is 51.6 Å². The number of aromatic amines is 1. The highest BCUT2D eigenvalue weighted by Gasteiger charge is 2.21. The molecule has 1 amide bonds. The Morgan fingerprint density at radius 3 is 2.79 bits per heavy atom. The van der Waals surface area contributed by atoms with Gasteiger partial charge < -0.3 is 5.32 Å². The first-order valence-electron chi connectivity index (χ1n) is 7.83. The van der Waals surface area contributed by atoms with Crippen LogP contribution in [0.4, 0.5) is 0 Å². The van der Waals surface area contributed by atoms with Crippen LogP contribution in [-0.4, -0.2) is 26.1 Å². The smallest absolute Gasteiger partial charge is 0.253 e. The number of rotatable bonds is 3. The topological polar surface area (TPSA) is 83.6 Å². The number of hydrogen-bond donors (Lipinski definition) is 2. The highest BCUT2D eigenvalue weighted by molar-refractivity contribution is 7.09. The van der Waals surface area contributed by atoms with Gasteiger partial charge in [-0.2, -0.15) is 5.10 Å². The minimum Gasteiger partial charge on any atom is -0.343 e. The molecular formula is C17H21N5OS. The summed E-state index contributed by atoms with van der Waals surface area (Å²) in [6, 6.07) is 1.66. The molecule has 0 aliphatic heterocycles. The number of amides is 1. The number of carbonyl (C=O) groups is 1. The highest BCUT2D eigenvalue weighted by Crippen LogP contribution is 2.27. The van der Waals surface area contributed by atoms with E-state index in [1.165, 1.54) is 0 Å². The normalized spacial score (nSPS) is 13.2. The molecule has 0 radical (unpaired) electrons. The van der Waals surface area contributed by atoms with Crippen molar-refractivity contribution in [3.05, 3.63) is 39.6 Å². The lowest BCUT2D eigenvalue weighted by Gasteiger charge is -2.15. The summed E-state index contributed by atoms with van der Waals surface area (Å²) in [5.74, 6) is -0.162. The van der Waals surface area contributed by atoms with Crippen LogP contribution in [0.3, 0.4) is 0 Å². The third-order valence-electron chi connectivity index (χ3n) is 3.87. The number of aryl methyl sites for hydroxylation is 1. The number of thiazole rings is 1. The molecule has 0 fully saturated rings. The molecule has 3 heterocycles. The maximum Gasteiger partial charge on any atom is 0.253 e. The van der Waals surface area contributed by atoms with Crippen LogP contribution in [0.5, 0.6) is 0 Å². The van der Waals surface area contributed by atoms with Gasteiger partial charge in [0.2, 0.25) is 0 Å². The van der Waals surface area contributed by atoms with Gasteiger partial charge in [0.15, 0.2) is 5.65 Å². The lowest BCUT2D eigenvalue weighted by Crippen LogP contribution is -2.27. The van der Waals surface area contributed by atoms with Crippen molar-refractivity contribution < 1.29 is 4.79 Å². The molecule has 3 aromatic heterocycles. The van der Waals surface area contributed by atoms with E-state index in [9.17, 15) is 4.79 Å². The SMILES string of the molecule is Cc1[nH]nc2ncc(C(=O)NC(C)c3nc(C(C)(C)C)cs3)cc12. The van der Waals surface area contributed by atoms with E-state index < -0.39 is 0 Å². The van der Waals surface area contributed by atoms with E-state index in [4.69, 9.17) is 0 Å². The molecule has 0 spiro atoms. The molecular weight excluding hydrogens is 322 g/mol. The van der Waals surface area contributed by atoms with Crippen molar-refractivity contribution in [2.24, 2.45) is 0 Å². The highest BCUT2D eigenvalue weighted by atomic mass is 32.1. The zero-order valence-electron chi connectivity index (χ0n) is 14.5. The van der Waals surface area contributed by atoms with Crippen molar-refractivity contribution in [2.45, 2.75) is 46.1 Å². The Balaban J connectivity index is 1.77. The predicted octanol–water partition coefficient (Wildman–Crippen LogP) is 3.51. The molecule has 0 bridgehead atoms. The van der Waals surface area contributed by atoms with Gasteiger partial charge in [-0.15, -0.1) is 11.3 Å². The predicted molar refractivity (Wildman–Crippen MR) is 95.3 cm³/mol. The van der Waals surface area contributed by atoms with E-state index in [0.29, 0.717) is 11.2 Å². The number of hydrogen-bond acceptors (Lipinski definition) is 5. The first-order valence-corrected chi connectivity index (χ1v) is 8.71. The van der Waals surface area contributed by atoms with Crippen LogP contribution in [0.2, 0.25) is 0 Å². The summed E-state index contributed by atoms with van der Waals surface area (Å²) in [5, 5.41) is 13.8. The maximum absolute atomic E-state index is 12.5. The molecule has 7 heteroatoms. The van der Waals surface area contributed by atoms with Crippen molar-refractivity contribution in [1.29, 1.82) is 0 Å². The maximum atomic E-state index is 12.5. The number of pyridine rings is 1. The molecule has 3 aromatic rings. The van der Waals surface area contributed by atoms with Gasteiger partial charge in [0.05, 0.1) is 17.3 Å². The fourth-order valence-electron chi connectivity index (χ4n) is 2.32. The summed E-state index contributed by atoms with van der Waals surface area (Å²) in [4.78, 5) is 21.4. The molecule has 1 unspecified atom stereocenters. The molecule has 0 saturated carbocycles. The van der Waals surface area contributed by atoms with Crippen molar-refractivity contribution >= 4 is 28.3 Å². The molecule has 0 aliphatic carbocycles. The van der Waals surface area contributed by atoms with Gasteiger partial charge in [-0.1, -0.05) is 20.8 Å². The number of aromatic nitrogens is 4. The van der Waals surface area contributed by atoms with Gasteiger partial charge in [-0.25, -0.2) is 9.97 Å². The molecule has 6 nitrogen and oxygen atoms in total. The van der Waals surface area contributed by atoms with Crippen LogP contribution >= 0.6 is 11.3 Å². The summed E-state index contributed by atoms with van der Waals surface area (Å²) in [7, 11) is 0. The Labute approximate surface area is 144 Å². The number of carbonyl (C=O) groups excluding carboxylic acids is 1. The van der Waals surface area contributed by atoms with Gasteiger partial charge in [-0.3, -0.25) is 9.89 Å². The fraction of sp³-hybridized carbons (Fsp3) is 0.412. The third kappa shape index (κ3) is 3.17. The van der Waals surface area contributed by atoms with Crippen molar-refractivity contribution in [1.82, 2.24) is 25.5 Å². The average Bonchev–Trinajstić information content (AvgIpc) is 3.14. The lowest BCUT2D eigenvalue weighted by molar-refractivity contribution is 0.0939. The van der Waals surface area contributed by atoms with E-state index in [1.54, 1.807) is 17.5 Å². The van der Waals surface area contributed by atoms with Gasteiger partial charge >= 0.3 is 0 Å². The first kappa shape index (κ1) is 16.6. The quantitative estimate of drug-likeness (QED) is 0.762. The second-order valence-electron chi connectivity index (χ2n) is 6.96. The Morgan fingerprint density at radius 1 is 1.38 bits per heavy atom. The summed E-state index contributed by atoms with van der Waals surface area (Å²) >= 11 is 1.57. The molecule has 0 aromatic carbocycles. The minimum atomic E-state index is -0.162. The Bertz CT molecular complexity index is 890. The number of fused-ring (bicyclic) bond motifs is 1. The number of H-pyrrole nitrogens is 1. The molecule has 2 N–H and O–H groups in total. The van der Waals surface area contributed by atoms with Crippen molar-refractivity contribution in [2.75, 3.05) is 0 Å². The van der Waals surface area contributed by atoms with Crippen molar-refractivity contribution in [3.63, 3.8) is 0 Å². The molecule has 24 heavy (non-hydrogen) atoms. The van der Waals surface area contributed by atoms with Crippen LogP contribution < -0.4 is 5.32 Å². The average molecular weight is 343 g/mol. The fourth-order valence-corrected chi connectivity index (χ4v) is 3.37. The number of nitrogens with one attached hydrogen (secondary N) is 2. The molecule has 126 valence electrons. The summed E-state index contributed by atoms with van der Waals surface area (Å²) in [6.07, 6.45) is 1.55.